The Morgan fingerprint density at radius 1 is 1.15 bits per heavy atom. The summed E-state index contributed by atoms with van der Waals surface area (Å²) in [5.74, 6) is -0.108. The van der Waals surface area contributed by atoms with E-state index in [1.807, 2.05) is 30.3 Å². The lowest BCUT2D eigenvalue weighted by atomic mass is 10.1. The zero-order valence-electron chi connectivity index (χ0n) is 15.9. The topological polar surface area (TPSA) is 51.7 Å². The van der Waals surface area contributed by atoms with E-state index in [0.29, 0.717) is 24.9 Å². The zero-order valence-corrected chi connectivity index (χ0v) is 16.7. The lowest BCUT2D eigenvalue weighted by Gasteiger charge is -2.20. The van der Waals surface area contributed by atoms with Crippen molar-refractivity contribution in [2.45, 2.75) is 20.4 Å². The number of methoxy groups -OCH3 is 1. The van der Waals surface area contributed by atoms with Gasteiger partial charge in [0.2, 0.25) is 0 Å². The maximum atomic E-state index is 12.9. The summed E-state index contributed by atoms with van der Waals surface area (Å²) in [6.45, 7) is 5.46. The highest BCUT2D eigenvalue weighted by atomic mass is 32.1. The summed E-state index contributed by atoms with van der Waals surface area (Å²) in [6.07, 6.45) is 0. The van der Waals surface area contributed by atoms with Gasteiger partial charge in [-0.1, -0.05) is 47.7 Å². The molecule has 0 radical (unpaired) electrons. The Morgan fingerprint density at radius 3 is 2.67 bits per heavy atom. The van der Waals surface area contributed by atoms with Crippen LogP contribution in [0.2, 0.25) is 0 Å². The van der Waals surface area contributed by atoms with Crippen molar-refractivity contribution in [2.75, 3.05) is 31.8 Å². The number of thiazole rings is 1. The molecule has 0 aliphatic carbocycles. The molecular formula is C21H24N2O3S. The smallest absolute Gasteiger partial charge is 0.255 e. The number of hydrogen-bond acceptors (Lipinski definition) is 5. The van der Waals surface area contributed by atoms with Crippen LogP contribution in [0.1, 0.15) is 16.7 Å². The lowest BCUT2D eigenvalue weighted by Crippen LogP contribution is -2.33. The van der Waals surface area contributed by atoms with E-state index in [4.69, 9.17) is 14.5 Å². The van der Waals surface area contributed by atoms with E-state index >= 15 is 0 Å². The molecule has 6 heteroatoms. The van der Waals surface area contributed by atoms with E-state index in [-0.39, 0.29) is 12.5 Å². The number of ether oxygens (including phenoxy) is 2. The fourth-order valence-electron chi connectivity index (χ4n) is 2.89. The third-order valence-corrected chi connectivity index (χ3v) is 5.41. The van der Waals surface area contributed by atoms with Gasteiger partial charge in [0.1, 0.15) is 6.61 Å². The van der Waals surface area contributed by atoms with Crippen molar-refractivity contribution in [3.63, 3.8) is 0 Å². The van der Waals surface area contributed by atoms with Crippen LogP contribution in [0.5, 0.6) is 0 Å². The maximum absolute atomic E-state index is 12.9. The van der Waals surface area contributed by atoms with Crippen LogP contribution in [0.15, 0.2) is 42.5 Å². The van der Waals surface area contributed by atoms with Crippen LogP contribution in [0.4, 0.5) is 5.13 Å². The van der Waals surface area contributed by atoms with Crippen LogP contribution in [0, 0.1) is 13.8 Å². The van der Waals surface area contributed by atoms with Gasteiger partial charge in [0.15, 0.2) is 5.13 Å². The number of anilines is 1. The van der Waals surface area contributed by atoms with E-state index < -0.39 is 0 Å². The van der Waals surface area contributed by atoms with E-state index in [1.54, 1.807) is 23.3 Å². The van der Waals surface area contributed by atoms with Gasteiger partial charge in [-0.2, -0.15) is 0 Å². The first-order valence-electron chi connectivity index (χ1n) is 8.87. The van der Waals surface area contributed by atoms with E-state index in [9.17, 15) is 4.79 Å². The highest BCUT2D eigenvalue weighted by molar-refractivity contribution is 7.22. The van der Waals surface area contributed by atoms with Gasteiger partial charge in [-0.05, 0) is 36.6 Å². The fourth-order valence-corrected chi connectivity index (χ4v) is 3.92. The van der Waals surface area contributed by atoms with Gasteiger partial charge in [-0.25, -0.2) is 4.98 Å². The third kappa shape index (κ3) is 4.91. The largest absolute Gasteiger partial charge is 0.382 e. The lowest BCUT2D eigenvalue weighted by molar-refractivity contribution is -0.123. The zero-order chi connectivity index (χ0) is 19.2. The first kappa shape index (κ1) is 19.5. The normalized spacial score (nSPS) is 11.1. The molecular weight excluding hydrogens is 360 g/mol. The molecule has 0 atom stereocenters. The quantitative estimate of drug-likeness (QED) is 0.549. The summed E-state index contributed by atoms with van der Waals surface area (Å²) in [5, 5.41) is 0.697. The number of aryl methyl sites for hydroxylation is 2. The second-order valence-electron chi connectivity index (χ2n) is 6.44. The van der Waals surface area contributed by atoms with Crippen molar-refractivity contribution in [1.29, 1.82) is 0 Å². The van der Waals surface area contributed by atoms with Crippen molar-refractivity contribution in [3.8, 4) is 0 Å². The van der Waals surface area contributed by atoms with E-state index in [2.05, 4.69) is 26.0 Å². The van der Waals surface area contributed by atoms with Crippen molar-refractivity contribution in [3.05, 3.63) is 59.2 Å². The Hall–Kier alpha value is -2.28. The van der Waals surface area contributed by atoms with Crippen molar-refractivity contribution in [2.24, 2.45) is 0 Å². The summed E-state index contributed by atoms with van der Waals surface area (Å²) < 4.78 is 11.5. The number of benzene rings is 2. The molecule has 2 aromatic carbocycles. The average Bonchev–Trinajstić information content (AvgIpc) is 3.08. The molecule has 1 heterocycles. The SMILES string of the molecule is COCCOCC(=O)N(Cc1ccccc1)c1nc2cc(C)cc(C)c2s1. The third-order valence-electron chi connectivity index (χ3n) is 4.18. The molecule has 0 unspecified atom stereocenters. The summed E-state index contributed by atoms with van der Waals surface area (Å²) >= 11 is 1.55. The first-order valence-corrected chi connectivity index (χ1v) is 9.69. The van der Waals surface area contributed by atoms with Gasteiger partial charge < -0.3 is 9.47 Å². The van der Waals surface area contributed by atoms with Gasteiger partial charge in [-0.15, -0.1) is 0 Å². The number of amides is 1. The van der Waals surface area contributed by atoms with Crippen LogP contribution < -0.4 is 4.90 Å². The molecule has 1 aromatic heterocycles. The van der Waals surface area contributed by atoms with Crippen LogP contribution in [0.3, 0.4) is 0 Å². The Labute approximate surface area is 163 Å². The highest BCUT2D eigenvalue weighted by Gasteiger charge is 2.21. The van der Waals surface area contributed by atoms with Crippen molar-refractivity contribution < 1.29 is 14.3 Å². The number of carbonyl (C=O) groups excluding carboxylic acids is 1. The molecule has 0 N–H and O–H groups in total. The molecule has 0 aliphatic heterocycles. The first-order chi connectivity index (χ1) is 13.1. The Balaban J connectivity index is 1.89. The standard InChI is InChI=1S/C21H24N2O3S/c1-15-11-16(2)20-18(12-15)22-21(27-20)23(13-17-7-5-4-6-8-17)19(24)14-26-10-9-25-3/h4-8,11-12H,9-10,13-14H2,1-3H3. The molecule has 0 aliphatic rings. The second kappa shape index (κ2) is 9.08. The van der Waals surface area contributed by atoms with Crippen molar-refractivity contribution in [1.82, 2.24) is 4.98 Å². The fraction of sp³-hybridized carbons (Fsp3) is 0.333. The summed E-state index contributed by atoms with van der Waals surface area (Å²) in [4.78, 5) is 19.3. The summed E-state index contributed by atoms with van der Waals surface area (Å²) in [7, 11) is 1.61. The predicted octanol–water partition coefficient (Wildman–Crippen LogP) is 4.11. The molecule has 0 saturated heterocycles. The monoisotopic (exact) mass is 384 g/mol. The van der Waals surface area contributed by atoms with Gasteiger partial charge in [0, 0.05) is 7.11 Å². The molecule has 142 valence electrons. The van der Waals surface area contributed by atoms with Gasteiger partial charge in [-0.3, -0.25) is 9.69 Å². The molecule has 0 bridgehead atoms. The molecule has 3 rings (SSSR count). The Bertz CT molecular complexity index is 908. The van der Waals surface area contributed by atoms with Crippen LogP contribution >= 0.6 is 11.3 Å². The number of hydrogen-bond donors (Lipinski definition) is 0. The summed E-state index contributed by atoms with van der Waals surface area (Å²) in [6, 6.07) is 14.1. The predicted molar refractivity (Wildman–Crippen MR) is 109 cm³/mol. The number of aromatic nitrogens is 1. The minimum Gasteiger partial charge on any atom is -0.382 e. The van der Waals surface area contributed by atoms with Crippen LogP contribution in [0.25, 0.3) is 10.2 Å². The minimum absolute atomic E-state index is 0.00410. The van der Waals surface area contributed by atoms with Gasteiger partial charge >= 0.3 is 0 Å². The van der Waals surface area contributed by atoms with Crippen LogP contribution in [-0.4, -0.2) is 37.8 Å². The van der Waals surface area contributed by atoms with Gasteiger partial charge in [0.25, 0.3) is 5.91 Å². The molecule has 3 aromatic rings. The van der Waals surface area contributed by atoms with E-state index in [0.717, 1.165) is 15.8 Å². The maximum Gasteiger partial charge on any atom is 0.255 e. The Kier molecular flexibility index (Phi) is 6.55. The van der Waals surface area contributed by atoms with Crippen LogP contribution in [-0.2, 0) is 20.8 Å². The Morgan fingerprint density at radius 2 is 1.93 bits per heavy atom. The van der Waals surface area contributed by atoms with E-state index in [1.165, 1.54) is 11.1 Å². The number of carbonyl (C=O) groups is 1. The molecule has 0 spiro atoms. The highest BCUT2D eigenvalue weighted by Crippen LogP contribution is 2.33. The van der Waals surface area contributed by atoms with Gasteiger partial charge in [0.05, 0.1) is 30.0 Å². The molecule has 0 fully saturated rings. The summed E-state index contributed by atoms with van der Waals surface area (Å²) in [5.41, 5.74) is 4.33. The van der Waals surface area contributed by atoms with Crippen molar-refractivity contribution >= 4 is 32.6 Å². The molecule has 27 heavy (non-hydrogen) atoms. The number of rotatable bonds is 8. The average molecular weight is 385 g/mol. The second-order valence-corrected chi connectivity index (χ2v) is 7.41. The number of fused-ring (bicyclic) bond motifs is 1. The number of nitrogens with zero attached hydrogens (tertiary/aromatic N) is 2. The molecule has 0 saturated carbocycles. The molecule has 5 nitrogen and oxygen atoms in total. The minimum atomic E-state index is -0.108. The molecule has 1 amide bonds.